The van der Waals surface area contributed by atoms with Crippen LogP contribution in [0.25, 0.3) is 0 Å². The lowest BCUT2D eigenvalue weighted by atomic mass is 10.1. The lowest BCUT2D eigenvalue weighted by molar-refractivity contribution is 0.280. The molecule has 0 fully saturated rings. The minimum Gasteiger partial charge on any atom is -0.495 e. The normalized spacial score (nSPS) is 9.29. The van der Waals surface area contributed by atoms with Gasteiger partial charge in [-0.3, -0.25) is 0 Å². The number of benzene rings is 1. The second-order valence-electron chi connectivity index (χ2n) is 2.65. The summed E-state index contributed by atoms with van der Waals surface area (Å²) in [6.45, 7) is -0.113. The van der Waals surface area contributed by atoms with Crippen LogP contribution in [0.2, 0.25) is 0 Å². The Morgan fingerprint density at radius 3 is 2.07 bits per heavy atom. The molecule has 4 heteroatoms. The molecule has 74 valence electrons. The SMILES string of the molecule is COc1cc(CO)cc(OC)c1C#N. The molecule has 0 unspecified atom stereocenters. The minimum atomic E-state index is -0.113. The third kappa shape index (κ3) is 1.78. The highest BCUT2D eigenvalue weighted by molar-refractivity contribution is 5.54. The zero-order chi connectivity index (χ0) is 10.6. The van der Waals surface area contributed by atoms with Crippen LogP contribution < -0.4 is 9.47 Å². The number of ether oxygens (including phenoxy) is 2. The standard InChI is InChI=1S/C10H11NO3/c1-13-9-3-7(6-12)4-10(14-2)8(9)5-11/h3-4,12H,6H2,1-2H3. The highest BCUT2D eigenvalue weighted by atomic mass is 16.5. The fraction of sp³-hybridized carbons (Fsp3) is 0.300. The van der Waals surface area contributed by atoms with Crippen molar-refractivity contribution in [3.63, 3.8) is 0 Å². The fourth-order valence-electron chi connectivity index (χ4n) is 1.17. The Morgan fingerprint density at radius 2 is 1.79 bits per heavy atom. The molecule has 0 spiro atoms. The van der Waals surface area contributed by atoms with Crippen molar-refractivity contribution < 1.29 is 14.6 Å². The predicted octanol–water partition coefficient (Wildman–Crippen LogP) is 1.07. The fourth-order valence-corrected chi connectivity index (χ4v) is 1.17. The van der Waals surface area contributed by atoms with Crippen LogP contribution in [0.15, 0.2) is 12.1 Å². The van der Waals surface area contributed by atoms with Crippen molar-refractivity contribution in [1.29, 1.82) is 5.26 Å². The lowest BCUT2D eigenvalue weighted by Crippen LogP contribution is -1.96. The molecule has 0 saturated heterocycles. The maximum atomic E-state index is 8.95. The third-order valence-electron chi connectivity index (χ3n) is 1.86. The van der Waals surface area contributed by atoms with Gasteiger partial charge in [0.25, 0.3) is 0 Å². The van der Waals surface area contributed by atoms with Crippen molar-refractivity contribution in [2.45, 2.75) is 6.61 Å². The summed E-state index contributed by atoms with van der Waals surface area (Å²) in [6, 6.07) is 5.21. The molecule has 0 amide bonds. The van der Waals surface area contributed by atoms with Crippen LogP contribution in [-0.4, -0.2) is 19.3 Å². The van der Waals surface area contributed by atoms with Gasteiger partial charge in [-0.1, -0.05) is 0 Å². The van der Waals surface area contributed by atoms with Gasteiger partial charge in [-0.25, -0.2) is 0 Å². The van der Waals surface area contributed by atoms with E-state index in [9.17, 15) is 0 Å². The molecule has 0 heterocycles. The highest BCUT2D eigenvalue weighted by Crippen LogP contribution is 2.29. The first-order valence-corrected chi connectivity index (χ1v) is 4.02. The topological polar surface area (TPSA) is 62.5 Å². The monoisotopic (exact) mass is 193 g/mol. The maximum absolute atomic E-state index is 8.95. The van der Waals surface area contributed by atoms with Gasteiger partial charge in [0.05, 0.1) is 20.8 Å². The number of aliphatic hydroxyl groups excluding tert-OH is 1. The summed E-state index contributed by atoms with van der Waals surface area (Å²) >= 11 is 0. The van der Waals surface area contributed by atoms with Gasteiger partial charge in [0, 0.05) is 0 Å². The molecule has 0 aliphatic rings. The van der Waals surface area contributed by atoms with Gasteiger partial charge >= 0.3 is 0 Å². The number of aliphatic hydroxyl groups is 1. The number of nitrogens with zero attached hydrogens (tertiary/aromatic N) is 1. The average molecular weight is 193 g/mol. The summed E-state index contributed by atoms with van der Waals surface area (Å²) in [5.41, 5.74) is 0.991. The van der Waals surface area contributed by atoms with Crippen LogP contribution in [0, 0.1) is 11.3 Å². The maximum Gasteiger partial charge on any atom is 0.140 e. The zero-order valence-corrected chi connectivity index (χ0v) is 8.07. The van der Waals surface area contributed by atoms with Gasteiger partial charge in [-0.05, 0) is 17.7 Å². The first kappa shape index (κ1) is 10.4. The molecule has 0 aromatic heterocycles. The highest BCUT2D eigenvalue weighted by Gasteiger charge is 2.11. The molecule has 1 rings (SSSR count). The minimum absolute atomic E-state index is 0.113. The first-order valence-electron chi connectivity index (χ1n) is 4.02. The summed E-state index contributed by atoms with van der Waals surface area (Å²) in [7, 11) is 2.94. The molecule has 14 heavy (non-hydrogen) atoms. The van der Waals surface area contributed by atoms with Crippen LogP contribution in [0.5, 0.6) is 11.5 Å². The summed E-state index contributed by atoms with van der Waals surface area (Å²) in [4.78, 5) is 0. The Balaban J connectivity index is 3.34. The van der Waals surface area contributed by atoms with E-state index in [1.807, 2.05) is 6.07 Å². The van der Waals surface area contributed by atoms with Crippen molar-refractivity contribution >= 4 is 0 Å². The Labute approximate surface area is 82.3 Å². The molecule has 0 aliphatic heterocycles. The van der Waals surface area contributed by atoms with Crippen molar-refractivity contribution in [2.24, 2.45) is 0 Å². The van der Waals surface area contributed by atoms with Crippen LogP contribution in [-0.2, 0) is 6.61 Å². The number of rotatable bonds is 3. The van der Waals surface area contributed by atoms with E-state index in [4.69, 9.17) is 19.8 Å². The second-order valence-corrected chi connectivity index (χ2v) is 2.65. The summed E-state index contributed by atoms with van der Waals surface area (Å²) in [5.74, 6) is 0.826. The number of hydrogen-bond acceptors (Lipinski definition) is 4. The van der Waals surface area contributed by atoms with Gasteiger partial charge < -0.3 is 14.6 Å². The molecule has 0 atom stereocenters. The smallest absolute Gasteiger partial charge is 0.140 e. The number of nitriles is 1. The van der Waals surface area contributed by atoms with Crippen LogP contribution in [0.1, 0.15) is 11.1 Å². The summed E-state index contributed by atoms with van der Waals surface area (Å²) in [5, 5.41) is 17.8. The van der Waals surface area contributed by atoms with E-state index in [1.54, 1.807) is 12.1 Å². The van der Waals surface area contributed by atoms with E-state index in [0.29, 0.717) is 22.6 Å². The first-order chi connectivity index (χ1) is 6.76. The van der Waals surface area contributed by atoms with Crippen LogP contribution in [0.3, 0.4) is 0 Å². The zero-order valence-electron chi connectivity index (χ0n) is 8.07. The van der Waals surface area contributed by atoms with Gasteiger partial charge in [0.1, 0.15) is 23.1 Å². The van der Waals surface area contributed by atoms with Gasteiger partial charge in [-0.2, -0.15) is 5.26 Å². The summed E-state index contributed by atoms with van der Waals surface area (Å²) < 4.78 is 10.0. The number of methoxy groups -OCH3 is 2. The Morgan fingerprint density at radius 1 is 1.29 bits per heavy atom. The van der Waals surface area contributed by atoms with Crippen molar-refractivity contribution in [3.05, 3.63) is 23.3 Å². The molecular weight excluding hydrogens is 182 g/mol. The average Bonchev–Trinajstić information content (AvgIpc) is 2.26. The quantitative estimate of drug-likeness (QED) is 0.779. The molecular formula is C10H11NO3. The van der Waals surface area contributed by atoms with Crippen LogP contribution in [0.4, 0.5) is 0 Å². The van der Waals surface area contributed by atoms with Gasteiger partial charge in [0.15, 0.2) is 0 Å². The molecule has 1 aromatic rings. The van der Waals surface area contributed by atoms with Gasteiger partial charge in [-0.15, -0.1) is 0 Å². The Bertz CT molecular complexity index is 343. The Hall–Kier alpha value is -1.73. The third-order valence-corrected chi connectivity index (χ3v) is 1.86. The van der Waals surface area contributed by atoms with Crippen molar-refractivity contribution in [2.75, 3.05) is 14.2 Å². The van der Waals surface area contributed by atoms with E-state index in [1.165, 1.54) is 14.2 Å². The van der Waals surface area contributed by atoms with E-state index in [2.05, 4.69) is 0 Å². The van der Waals surface area contributed by atoms with Gasteiger partial charge in [0.2, 0.25) is 0 Å². The largest absolute Gasteiger partial charge is 0.495 e. The van der Waals surface area contributed by atoms with E-state index in [0.717, 1.165) is 0 Å². The number of hydrogen-bond donors (Lipinski definition) is 1. The molecule has 0 saturated carbocycles. The molecule has 0 radical (unpaired) electrons. The van der Waals surface area contributed by atoms with Crippen molar-refractivity contribution in [1.82, 2.24) is 0 Å². The summed E-state index contributed by atoms with van der Waals surface area (Å²) in [6.07, 6.45) is 0. The van der Waals surface area contributed by atoms with E-state index >= 15 is 0 Å². The molecule has 0 bridgehead atoms. The Kier molecular flexibility index (Phi) is 3.32. The lowest BCUT2D eigenvalue weighted by Gasteiger charge is -2.09. The van der Waals surface area contributed by atoms with E-state index in [-0.39, 0.29) is 6.61 Å². The predicted molar refractivity (Wildman–Crippen MR) is 50.2 cm³/mol. The van der Waals surface area contributed by atoms with Crippen molar-refractivity contribution in [3.8, 4) is 17.6 Å². The second kappa shape index (κ2) is 4.49. The molecule has 0 aliphatic carbocycles. The molecule has 1 N–H and O–H groups in total. The van der Waals surface area contributed by atoms with E-state index < -0.39 is 0 Å². The molecule has 1 aromatic carbocycles. The molecule has 4 nitrogen and oxygen atoms in total. The van der Waals surface area contributed by atoms with Crippen LogP contribution >= 0.6 is 0 Å².